The Hall–Kier alpha value is -1.89. The van der Waals surface area contributed by atoms with Gasteiger partial charge in [0.15, 0.2) is 0 Å². The number of likely N-dealkylation sites (tertiary alicyclic amines) is 2. The van der Waals surface area contributed by atoms with E-state index >= 15 is 0 Å². The lowest BCUT2D eigenvalue weighted by Gasteiger charge is -2.37. The standard InChI is InChI=1S/C20H29N3O3S/c1-2-9-21-18(24)15-7-11-22(12-8-15)19(25)16-5-3-10-23(14-16)20(26)17-6-4-13-27-17/h4,6,13,15-16H,2-3,5,7-12,14H2,1H3,(H,21,24). The molecule has 2 fully saturated rings. The fraction of sp³-hybridized carbons (Fsp3) is 0.650. The van der Waals surface area contributed by atoms with E-state index in [1.165, 1.54) is 11.3 Å². The Kier molecular flexibility index (Phi) is 6.88. The topological polar surface area (TPSA) is 69.7 Å². The summed E-state index contributed by atoms with van der Waals surface area (Å²) < 4.78 is 0. The molecule has 3 rings (SSSR count). The first-order valence-electron chi connectivity index (χ1n) is 9.99. The van der Waals surface area contributed by atoms with Gasteiger partial charge in [0.05, 0.1) is 10.8 Å². The predicted octanol–water partition coefficient (Wildman–Crippen LogP) is 2.37. The van der Waals surface area contributed by atoms with Gasteiger partial charge in [-0.25, -0.2) is 0 Å². The zero-order valence-electron chi connectivity index (χ0n) is 16.0. The van der Waals surface area contributed by atoms with E-state index in [1.54, 1.807) is 0 Å². The molecular formula is C20H29N3O3S. The number of carbonyl (C=O) groups excluding carboxylic acids is 3. The second-order valence-corrected chi connectivity index (χ2v) is 8.41. The molecule has 1 aromatic rings. The third-order valence-electron chi connectivity index (χ3n) is 5.52. The van der Waals surface area contributed by atoms with Gasteiger partial charge in [0.2, 0.25) is 11.8 Å². The third kappa shape index (κ3) is 4.89. The second kappa shape index (κ2) is 9.35. The highest BCUT2D eigenvalue weighted by atomic mass is 32.1. The number of hydrogen-bond acceptors (Lipinski definition) is 4. The molecule has 148 valence electrons. The minimum atomic E-state index is -0.117. The number of thiophene rings is 1. The summed E-state index contributed by atoms with van der Waals surface area (Å²) in [5.41, 5.74) is 0. The van der Waals surface area contributed by atoms with Crippen molar-refractivity contribution in [3.05, 3.63) is 22.4 Å². The van der Waals surface area contributed by atoms with Crippen LogP contribution in [0.3, 0.4) is 0 Å². The Morgan fingerprint density at radius 2 is 1.89 bits per heavy atom. The lowest BCUT2D eigenvalue weighted by atomic mass is 9.92. The summed E-state index contributed by atoms with van der Waals surface area (Å²) in [5.74, 6) is 0.200. The molecule has 27 heavy (non-hydrogen) atoms. The van der Waals surface area contributed by atoms with Gasteiger partial charge in [0.1, 0.15) is 0 Å². The third-order valence-corrected chi connectivity index (χ3v) is 6.37. The first kappa shape index (κ1) is 19.9. The Labute approximate surface area is 164 Å². The van der Waals surface area contributed by atoms with Gasteiger partial charge in [0.25, 0.3) is 5.91 Å². The molecule has 1 aromatic heterocycles. The minimum Gasteiger partial charge on any atom is -0.356 e. The average molecular weight is 392 g/mol. The Morgan fingerprint density at radius 3 is 2.56 bits per heavy atom. The summed E-state index contributed by atoms with van der Waals surface area (Å²) in [6.07, 6.45) is 4.09. The van der Waals surface area contributed by atoms with Crippen molar-refractivity contribution in [3.8, 4) is 0 Å². The van der Waals surface area contributed by atoms with Gasteiger partial charge < -0.3 is 15.1 Å². The Morgan fingerprint density at radius 1 is 1.11 bits per heavy atom. The molecule has 0 radical (unpaired) electrons. The number of nitrogens with one attached hydrogen (secondary N) is 1. The normalized spacial score (nSPS) is 21.1. The van der Waals surface area contributed by atoms with Gasteiger partial charge >= 0.3 is 0 Å². The largest absolute Gasteiger partial charge is 0.356 e. The molecule has 3 heterocycles. The molecule has 1 unspecified atom stereocenters. The van der Waals surface area contributed by atoms with Crippen LogP contribution in [0.1, 0.15) is 48.7 Å². The van der Waals surface area contributed by atoms with Crippen molar-refractivity contribution in [2.24, 2.45) is 11.8 Å². The zero-order valence-corrected chi connectivity index (χ0v) is 16.8. The fourth-order valence-corrected chi connectivity index (χ4v) is 4.62. The lowest BCUT2D eigenvalue weighted by Crippen LogP contribution is -2.49. The minimum absolute atomic E-state index is 0.0175. The van der Waals surface area contributed by atoms with Crippen molar-refractivity contribution >= 4 is 29.1 Å². The van der Waals surface area contributed by atoms with Crippen LogP contribution in [0.2, 0.25) is 0 Å². The van der Waals surface area contributed by atoms with E-state index < -0.39 is 0 Å². The fourth-order valence-electron chi connectivity index (χ4n) is 3.93. The molecule has 0 spiro atoms. The molecule has 6 nitrogen and oxygen atoms in total. The van der Waals surface area contributed by atoms with E-state index in [2.05, 4.69) is 5.32 Å². The maximum atomic E-state index is 12.9. The lowest BCUT2D eigenvalue weighted by molar-refractivity contribution is -0.140. The molecule has 1 N–H and O–H groups in total. The summed E-state index contributed by atoms with van der Waals surface area (Å²) >= 11 is 1.45. The van der Waals surface area contributed by atoms with Crippen molar-refractivity contribution in [3.63, 3.8) is 0 Å². The highest BCUT2D eigenvalue weighted by molar-refractivity contribution is 7.12. The summed E-state index contributed by atoms with van der Waals surface area (Å²) in [6, 6.07) is 3.72. The quantitative estimate of drug-likeness (QED) is 0.838. The number of piperidine rings is 2. The van der Waals surface area contributed by atoms with Crippen LogP contribution in [0.5, 0.6) is 0 Å². The van der Waals surface area contributed by atoms with Crippen molar-refractivity contribution in [2.75, 3.05) is 32.7 Å². The van der Waals surface area contributed by atoms with Crippen LogP contribution in [0.25, 0.3) is 0 Å². The number of carbonyl (C=O) groups is 3. The molecule has 2 saturated heterocycles. The van der Waals surface area contributed by atoms with Crippen LogP contribution in [-0.4, -0.2) is 60.2 Å². The summed E-state index contributed by atoms with van der Waals surface area (Å²) in [7, 11) is 0. The monoisotopic (exact) mass is 391 g/mol. The van der Waals surface area contributed by atoms with Crippen molar-refractivity contribution in [1.29, 1.82) is 0 Å². The van der Waals surface area contributed by atoms with Gasteiger partial charge in [-0.2, -0.15) is 0 Å². The average Bonchev–Trinajstić information content (AvgIpc) is 3.26. The van der Waals surface area contributed by atoms with Crippen molar-refractivity contribution in [1.82, 2.24) is 15.1 Å². The van der Waals surface area contributed by atoms with Gasteiger partial charge in [0, 0.05) is 38.6 Å². The number of amides is 3. The maximum absolute atomic E-state index is 12.9. The molecule has 0 bridgehead atoms. The highest BCUT2D eigenvalue weighted by Gasteiger charge is 2.34. The van der Waals surface area contributed by atoms with Crippen LogP contribution in [0, 0.1) is 11.8 Å². The van der Waals surface area contributed by atoms with E-state index in [9.17, 15) is 14.4 Å². The van der Waals surface area contributed by atoms with Crippen LogP contribution in [-0.2, 0) is 9.59 Å². The van der Waals surface area contributed by atoms with E-state index in [0.29, 0.717) is 26.2 Å². The molecule has 0 saturated carbocycles. The second-order valence-electron chi connectivity index (χ2n) is 7.46. The first-order chi connectivity index (χ1) is 13.1. The molecular weight excluding hydrogens is 362 g/mol. The SMILES string of the molecule is CCCNC(=O)C1CCN(C(=O)C2CCCN(C(=O)c3cccs3)C2)CC1. The van der Waals surface area contributed by atoms with Gasteiger partial charge in [-0.3, -0.25) is 14.4 Å². The van der Waals surface area contributed by atoms with E-state index in [4.69, 9.17) is 0 Å². The summed E-state index contributed by atoms with van der Waals surface area (Å²) in [6.45, 7) is 5.26. The molecule has 0 aliphatic carbocycles. The zero-order chi connectivity index (χ0) is 19.2. The number of nitrogens with zero attached hydrogens (tertiary/aromatic N) is 2. The molecule has 2 aliphatic rings. The van der Waals surface area contributed by atoms with E-state index in [-0.39, 0.29) is 29.6 Å². The van der Waals surface area contributed by atoms with Gasteiger partial charge in [-0.1, -0.05) is 13.0 Å². The Balaban J connectivity index is 1.51. The summed E-state index contributed by atoms with van der Waals surface area (Å²) in [5, 5.41) is 4.86. The molecule has 2 aliphatic heterocycles. The molecule has 1 atom stereocenters. The van der Waals surface area contributed by atoms with E-state index in [1.807, 2.05) is 34.2 Å². The number of hydrogen-bond donors (Lipinski definition) is 1. The van der Waals surface area contributed by atoms with Crippen molar-refractivity contribution in [2.45, 2.75) is 39.0 Å². The van der Waals surface area contributed by atoms with E-state index in [0.717, 1.165) is 43.5 Å². The first-order valence-corrected chi connectivity index (χ1v) is 10.9. The highest BCUT2D eigenvalue weighted by Crippen LogP contribution is 2.25. The van der Waals surface area contributed by atoms with Crippen LogP contribution >= 0.6 is 11.3 Å². The predicted molar refractivity (Wildman–Crippen MR) is 106 cm³/mol. The maximum Gasteiger partial charge on any atom is 0.263 e. The van der Waals surface area contributed by atoms with Crippen molar-refractivity contribution < 1.29 is 14.4 Å². The van der Waals surface area contributed by atoms with Gasteiger partial charge in [-0.15, -0.1) is 11.3 Å². The molecule has 0 aromatic carbocycles. The smallest absolute Gasteiger partial charge is 0.263 e. The summed E-state index contributed by atoms with van der Waals surface area (Å²) in [4.78, 5) is 42.1. The van der Waals surface area contributed by atoms with Crippen LogP contribution in [0.4, 0.5) is 0 Å². The molecule has 7 heteroatoms. The molecule has 3 amide bonds. The van der Waals surface area contributed by atoms with Crippen LogP contribution < -0.4 is 5.32 Å². The number of rotatable bonds is 5. The van der Waals surface area contributed by atoms with Gasteiger partial charge in [-0.05, 0) is 43.6 Å². The van der Waals surface area contributed by atoms with Crippen LogP contribution in [0.15, 0.2) is 17.5 Å². The Bertz CT molecular complexity index is 653.